The molecule has 2 aromatic rings. The predicted molar refractivity (Wildman–Crippen MR) is 63.3 cm³/mol. The Bertz CT molecular complexity index is 520. The van der Waals surface area contributed by atoms with Crippen molar-refractivity contribution in [3.63, 3.8) is 0 Å². The van der Waals surface area contributed by atoms with E-state index in [-0.39, 0.29) is 5.57 Å². The highest BCUT2D eigenvalue weighted by Gasteiger charge is 2.12. The molecule has 0 radical (unpaired) electrons. The van der Waals surface area contributed by atoms with E-state index < -0.39 is 5.97 Å². The van der Waals surface area contributed by atoms with E-state index in [4.69, 9.17) is 9.52 Å². The Morgan fingerprint density at radius 3 is 2.75 bits per heavy atom. The molecule has 0 aromatic carbocycles. The summed E-state index contributed by atoms with van der Waals surface area (Å²) < 4.78 is 5.33. The fraction of sp³-hybridized carbons (Fsp3) is 0.0833. The highest BCUT2D eigenvalue weighted by Crippen LogP contribution is 2.23. The number of carboxylic acids is 1. The number of hydrogen-bond donors (Lipinski definition) is 1. The Balaban J connectivity index is 2.41. The Morgan fingerprint density at radius 2 is 2.25 bits per heavy atom. The SMILES string of the molecule is Cc1ccc(C=C(C(=O)O)c2cccs2)o1. The fourth-order valence-corrected chi connectivity index (χ4v) is 2.08. The molecule has 2 rings (SSSR count). The van der Waals surface area contributed by atoms with Crippen LogP contribution in [-0.2, 0) is 4.79 Å². The highest BCUT2D eigenvalue weighted by atomic mass is 32.1. The standard InChI is InChI=1S/C12H10O3S/c1-8-4-5-9(15-8)7-10(12(13)14)11-3-2-6-16-11/h2-7H,1H3,(H,13,14). The van der Waals surface area contributed by atoms with E-state index in [2.05, 4.69) is 0 Å². The molecule has 0 amide bonds. The van der Waals surface area contributed by atoms with Gasteiger partial charge in [0.2, 0.25) is 0 Å². The average Bonchev–Trinajstić information content (AvgIpc) is 2.84. The zero-order valence-corrected chi connectivity index (χ0v) is 9.45. The van der Waals surface area contributed by atoms with Crippen molar-refractivity contribution in [2.45, 2.75) is 6.92 Å². The van der Waals surface area contributed by atoms with Gasteiger partial charge in [-0.05, 0) is 36.6 Å². The lowest BCUT2D eigenvalue weighted by atomic mass is 10.2. The maximum Gasteiger partial charge on any atom is 0.337 e. The summed E-state index contributed by atoms with van der Waals surface area (Å²) in [5.74, 6) is 0.377. The summed E-state index contributed by atoms with van der Waals surface area (Å²) in [4.78, 5) is 11.8. The summed E-state index contributed by atoms with van der Waals surface area (Å²) >= 11 is 1.39. The second-order valence-electron chi connectivity index (χ2n) is 3.29. The first-order valence-corrected chi connectivity index (χ1v) is 5.60. The molecule has 0 spiro atoms. The van der Waals surface area contributed by atoms with Gasteiger partial charge >= 0.3 is 5.97 Å². The van der Waals surface area contributed by atoms with Gasteiger partial charge in [0, 0.05) is 4.88 Å². The van der Waals surface area contributed by atoms with Crippen LogP contribution >= 0.6 is 11.3 Å². The Hall–Kier alpha value is -1.81. The van der Waals surface area contributed by atoms with Crippen molar-refractivity contribution in [3.8, 4) is 0 Å². The molecule has 2 aromatic heterocycles. The third-order valence-corrected chi connectivity index (χ3v) is 2.97. The lowest BCUT2D eigenvalue weighted by molar-refractivity contribution is -0.130. The number of aliphatic carboxylic acids is 1. The number of furan rings is 1. The first-order valence-electron chi connectivity index (χ1n) is 4.72. The molecule has 0 aliphatic heterocycles. The number of hydrogen-bond acceptors (Lipinski definition) is 3. The van der Waals surface area contributed by atoms with E-state index >= 15 is 0 Å². The summed E-state index contributed by atoms with van der Waals surface area (Å²) in [6, 6.07) is 7.16. The van der Waals surface area contributed by atoms with Gasteiger partial charge in [0.15, 0.2) is 0 Å². The number of aryl methyl sites for hydroxylation is 1. The van der Waals surface area contributed by atoms with Crippen LogP contribution in [0.25, 0.3) is 11.6 Å². The van der Waals surface area contributed by atoms with Crippen molar-refractivity contribution in [1.29, 1.82) is 0 Å². The van der Waals surface area contributed by atoms with Crippen LogP contribution in [0.5, 0.6) is 0 Å². The highest BCUT2D eigenvalue weighted by molar-refractivity contribution is 7.11. The summed E-state index contributed by atoms with van der Waals surface area (Å²) in [5, 5.41) is 11.0. The van der Waals surface area contributed by atoms with Gasteiger partial charge < -0.3 is 9.52 Å². The van der Waals surface area contributed by atoms with Crippen LogP contribution in [0.3, 0.4) is 0 Å². The van der Waals surface area contributed by atoms with E-state index in [1.165, 1.54) is 11.3 Å². The molecule has 0 saturated carbocycles. The summed E-state index contributed by atoms with van der Waals surface area (Å²) in [6.07, 6.45) is 1.54. The minimum absolute atomic E-state index is 0.254. The van der Waals surface area contributed by atoms with Gasteiger partial charge in [-0.1, -0.05) is 6.07 Å². The van der Waals surface area contributed by atoms with E-state index in [0.29, 0.717) is 5.76 Å². The quantitative estimate of drug-likeness (QED) is 0.829. The van der Waals surface area contributed by atoms with Crippen molar-refractivity contribution in [1.82, 2.24) is 0 Å². The number of carboxylic acid groups (broad SMARTS) is 1. The van der Waals surface area contributed by atoms with Gasteiger partial charge in [-0.3, -0.25) is 0 Å². The lowest BCUT2D eigenvalue weighted by Gasteiger charge is -1.97. The largest absolute Gasteiger partial charge is 0.478 e. The molecule has 4 heteroatoms. The van der Waals surface area contributed by atoms with Crippen molar-refractivity contribution >= 4 is 29.0 Å². The van der Waals surface area contributed by atoms with Gasteiger partial charge in [-0.25, -0.2) is 4.79 Å². The zero-order chi connectivity index (χ0) is 11.5. The molecular formula is C12H10O3S. The second-order valence-corrected chi connectivity index (χ2v) is 4.24. The topological polar surface area (TPSA) is 50.4 Å². The monoisotopic (exact) mass is 234 g/mol. The first kappa shape index (κ1) is 10.7. The lowest BCUT2D eigenvalue weighted by Crippen LogP contribution is -1.97. The molecule has 82 valence electrons. The number of rotatable bonds is 3. The van der Waals surface area contributed by atoms with Crippen LogP contribution in [0.15, 0.2) is 34.1 Å². The van der Waals surface area contributed by atoms with Crippen LogP contribution < -0.4 is 0 Å². The van der Waals surface area contributed by atoms with Crippen molar-refractivity contribution in [2.24, 2.45) is 0 Å². The average molecular weight is 234 g/mol. The minimum Gasteiger partial charge on any atom is -0.478 e. The Kier molecular flexibility index (Phi) is 2.92. The van der Waals surface area contributed by atoms with Crippen molar-refractivity contribution < 1.29 is 14.3 Å². The Labute approximate surface area is 96.6 Å². The van der Waals surface area contributed by atoms with Crippen LogP contribution in [0, 0.1) is 6.92 Å². The molecule has 0 fully saturated rings. The van der Waals surface area contributed by atoms with Gasteiger partial charge in [-0.2, -0.15) is 0 Å². The normalized spacial score (nSPS) is 11.7. The predicted octanol–water partition coefficient (Wildman–Crippen LogP) is 3.27. The Morgan fingerprint density at radius 1 is 1.44 bits per heavy atom. The van der Waals surface area contributed by atoms with E-state index in [0.717, 1.165) is 10.6 Å². The van der Waals surface area contributed by atoms with Gasteiger partial charge in [-0.15, -0.1) is 11.3 Å². The molecule has 2 heterocycles. The number of thiophene rings is 1. The molecule has 0 saturated heterocycles. The van der Waals surface area contributed by atoms with Crippen LogP contribution in [-0.4, -0.2) is 11.1 Å². The first-order chi connectivity index (χ1) is 7.66. The van der Waals surface area contributed by atoms with Crippen LogP contribution in [0.2, 0.25) is 0 Å². The number of carbonyl (C=O) groups is 1. The molecule has 0 unspecified atom stereocenters. The van der Waals surface area contributed by atoms with Crippen LogP contribution in [0.4, 0.5) is 0 Å². The van der Waals surface area contributed by atoms with Crippen molar-refractivity contribution in [2.75, 3.05) is 0 Å². The van der Waals surface area contributed by atoms with E-state index in [1.54, 1.807) is 24.3 Å². The third kappa shape index (κ3) is 2.23. The summed E-state index contributed by atoms with van der Waals surface area (Å²) in [5.41, 5.74) is 0.254. The maximum atomic E-state index is 11.1. The fourth-order valence-electron chi connectivity index (χ4n) is 1.34. The molecule has 0 atom stereocenters. The van der Waals surface area contributed by atoms with Gasteiger partial charge in [0.25, 0.3) is 0 Å². The molecular weight excluding hydrogens is 224 g/mol. The third-order valence-electron chi connectivity index (χ3n) is 2.06. The molecule has 0 aliphatic rings. The van der Waals surface area contributed by atoms with Gasteiger partial charge in [0.1, 0.15) is 11.5 Å². The molecule has 1 N–H and O–H groups in total. The zero-order valence-electron chi connectivity index (χ0n) is 8.64. The molecule has 3 nitrogen and oxygen atoms in total. The van der Waals surface area contributed by atoms with E-state index in [9.17, 15) is 4.79 Å². The van der Waals surface area contributed by atoms with Crippen molar-refractivity contribution in [3.05, 3.63) is 46.0 Å². The summed E-state index contributed by atoms with van der Waals surface area (Å²) in [6.45, 7) is 1.82. The molecule has 0 bridgehead atoms. The van der Waals surface area contributed by atoms with Crippen LogP contribution in [0.1, 0.15) is 16.4 Å². The van der Waals surface area contributed by atoms with E-state index in [1.807, 2.05) is 18.4 Å². The maximum absolute atomic E-state index is 11.1. The minimum atomic E-state index is -0.948. The second kappa shape index (κ2) is 4.37. The smallest absolute Gasteiger partial charge is 0.337 e. The summed E-state index contributed by atoms with van der Waals surface area (Å²) in [7, 11) is 0. The molecule has 0 aliphatic carbocycles. The van der Waals surface area contributed by atoms with Gasteiger partial charge in [0.05, 0.1) is 5.57 Å². The molecule has 16 heavy (non-hydrogen) atoms.